The summed E-state index contributed by atoms with van der Waals surface area (Å²) in [6, 6.07) is -0.240. The zero-order valence-electron chi connectivity index (χ0n) is 11.7. The number of carbonyl (C=O) groups is 2. The molecule has 2 atom stereocenters. The Morgan fingerprint density at radius 3 is 2.68 bits per heavy atom. The van der Waals surface area contributed by atoms with Crippen LogP contribution < -0.4 is 5.32 Å². The number of amides is 2. The highest BCUT2D eigenvalue weighted by Gasteiger charge is 2.39. The molecule has 1 heterocycles. The van der Waals surface area contributed by atoms with Crippen molar-refractivity contribution in [3.05, 3.63) is 12.7 Å². The van der Waals surface area contributed by atoms with Crippen LogP contribution in [0.5, 0.6) is 0 Å². The summed E-state index contributed by atoms with van der Waals surface area (Å²) in [7, 11) is 0. The summed E-state index contributed by atoms with van der Waals surface area (Å²) < 4.78 is 0. The molecule has 0 aromatic carbocycles. The third kappa shape index (κ3) is 3.17. The minimum Gasteiger partial charge on any atom is -0.342 e. The minimum atomic E-state index is -0.297. The Morgan fingerprint density at radius 1 is 1.37 bits per heavy atom. The van der Waals surface area contributed by atoms with Crippen molar-refractivity contribution in [3.8, 4) is 0 Å². The van der Waals surface area contributed by atoms with Crippen LogP contribution in [-0.2, 0) is 9.59 Å². The van der Waals surface area contributed by atoms with Crippen LogP contribution in [0.2, 0.25) is 0 Å². The van der Waals surface area contributed by atoms with E-state index < -0.39 is 0 Å². The fourth-order valence-electron chi connectivity index (χ4n) is 3.22. The first kappa shape index (κ1) is 14.1. The van der Waals surface area contributed by atoms with E-state index in [0.29, 0.717) is 5.92 Å². The van der Waals surface area contributed by atoms with Crippen LogP contribution in [0.1, 0.15) is 45.4 Å². The second-order valence-electron chi connectivity index (χ2n) is 5.78. The summed E-state index contributed by atoms with van der Waals surface area (Å²) >= 11 is 0. The van der Waals surface area contributed by atoms with Crippen molar-refractivity contribution in [1.82, 2.24) is 10.2 Å². The highest BCUT2D eigenvalue weighted by atomic mass is 16.2. The lowest BCUT2D eigenvalue weighted by Crippen LogP contribution is -2.62. The van der Waals surface area contributed by atoms with Crippen LogP contribution in [0.3, 0.4) is 0 Å². The maximum atomic E-state index is 12.6. The van der Waals surface area contributed by atoms with E-state index in [-0.39, 0.29) is 30.4 Å². The second kappa shape index (κ2) is 6.22. The van der Waals surface area contributed by atoms with Gasteiger partial charge in [-0.25, -0.2) is 0 Å². The quantitative estimate of drug-likeness (QED) is 0.788. The predicted molar refractivity (Wildman–Crippen MR) is 74.5 cm³/mol. The van der Waals surface area contributed by atoms with Crippen molar-refractivity contribution >= 4 is 11.8 Å². The summed E-state index contributed by atoms with van der Waals surface area (Å²) in [5.41, 5.74) is 0. The summed E-state index contributed by atoms with van der Waals surface area (Å²) in [6.07, 6.45) is 8.25. The number of nitrogens with zero attached hydrogens (tertiary/aromatic N) is 1. The molecule has 2 fully saturated rings. The number of nitrogens with one attached hydrogen (secondary N) is 1. The van der Waals surface area contributed by atoms with Gasteiger partial charge in [0.25, 0.3) is 0 Å². The molecule has 1 N–H and O–H groups in total. The number of carbonyl (C=O) groups excluding carboxylic acids is 2. The smallest absolute Gasteiger partial charge is 0.246 e. The Morgan fingerprint density at radius 2 is 2.05 bits per heavy atom. The van der Waals surface area contributed by atoms with E-state index >= 15 is 0 Å². The van der Waals surface area contributed by atoms with Crippen LogP contribution in [0, 0.1) is 5.92 Å². The van der Waals surface area contributed by atoms with Crippen molar-refractivity contribution in [3.63, 3.8) is 0 Å². The van der Waals surface area contributed by atoms with Gasteiger partial charge in [0, 0.05) is 6.04 Å². The number of hydrogen-bond acceptors (Lipinski definition) is 2. The summed E-state index contributed by atoms with van der Waals surface area (Å²) in [5.74, 6) is 0.399. The molecular weight excluding hydrogens is 240 g/mol. The first-order valence-corrected chi connectivity index (χ1v) is 7.34. The third-order valence-electron chi connectivity index (χ3n) is 4.34. The molecule has 0 bridgehead atoms. The fraction of sp³-hybridized carbons (Fsp3) is 0.733. The molecule has 1 saturated heterocycles. The van der Waals surface area contributed by atoms with Gasteiger partial charge in [-0.15, -0.1) is 6.58 Å². The highest BCUT2D eigenvalue weighted by Crippen LogP contribution is 2.29. The monoisotopic (exact) mass is 264 g/mol. The van der Waals surface area contributed by atoms with E-state index in [9.17, 15) is 9.59 Å². The van der Waals surface area contributed by atoms with Crippen molar-refractivity contribution < 1.29 is 9.59 Å². The standard InChI is InChI=1S/C15H24N2O2/c1-3-7-11(2)17-10-13(18)16-14(15(17)19)12-8-5-4-6-9-12/h3,11-12,14H,1,4-10H2,2H3,(H,16,18). The highest BCUT2D eigenvalue weighted by molar-refractivity contribution is 5.95. The summed E-state index contributed by atoms with van der Waals surface area (Å²) in [4.78, 5) is 26.1. The zero-order valence-corrected chi connectivity index (χ0v) is 11.7. The van der Waals surface area contributed by atoms with Gasteiger partial charge in [0.15, 0.2) is 0 Å². The van der Waals surface area contributed by atoms with E-state index in [1.54, 1.807) is 11.0 Å². The Kier molecular flexibility index (Phi) is 4.61. The van der Waals surface area contributed by atoms with Crippen LogP contribution in [-0.4, -0.2) is 35.3 Å². The van der Waals surface area contributed by atoms with E-state index in [2.05, 4.69) is 11.9 Å². The maximum absolute atomic E-state index is 12.6. The van der Waals surface area contributed by atoms with Crippen LogP contribution in [0.4, 0.5) is 0 Å². The lowest BCUT2D eigenvalue weighted by Gasteiger charge is -2.40. The predicted octanol–water partition coefficient (Wildman–Crippen LogP) is 1.86. The van der Waals surface area contributed by atoms with Gasteiger partial charge >= 0.3 is 0 Å². The molecule has 0 radical (unpaired) electrons. The molecule has 0 spiro atoms. The molecule has 0 aromatic rings. The molecule has 19 heavy (non-hydrogen) atoms. The minimum absolute atomic E-state index is 0.0221. The van der Waals surface area contributed by atoms with Gasteiger partial charge < -0.3 is 10.2 Å². The number of hydrogen-bond donors (Lipinski definition) is 1. The Labute approximate surface area is 115 Å². The Balaban J connectivity index is 2.08. The maximum Gasteiger partial charge on any atom is 0.246 e. The molecule has 2 unspecified atom stereocenters. The summed E-state index contributed by atoms with van der Waals surface area (Å²) in [6.45, 7) is 5.88. The molecule has 1 aliphatic heterocycles. The normalized spacial score (nSPS) is 27.0. The summed E-state index contributed by atoms with van der Waals surface area (Å²) in [5, 5.41) is 2.91. The van der Waals surface area contributed by atoms with Gasteiger partial charge in [0.05, 0.1) is 6.54 Å². The van der Waals surface area contributed by atoms with Gasteiger partial charge in [-0.1, -0.05) is 25.3 Å². The molecule has 4 nitrogen and oxygen atoms in total. The van der Waals surface area contributed by atoms with Gasteiger partial charge in [-0.05, 0) is 32.1 Å². The molecule has 0 aromatic heterocycles. The van der Waals surface area contributed by atoms with Gasteiger partial charge in [0.1, 0.15) is 6.04 Å². The molecule has 2 amide bonds. The van der Waals surface area contributed by atoms with Crippen molar-refractivity contribution in [2.45, 2.75) is 57.5 Å². The first-order chi connectivity index (χ1) is 9.13. The van der Waals surface area contributed by atoms with Crippen LogP contribution >= 0.6 is 0 Å². The van der Waals surface area contributed by atoms with E-state index in [1.807, 2.05) is 6.92 Å². The zero-order chi connectivity index (χ0) is 13.8. The molecule has 2 aliphatic rings. The average Bonchev–Trinajstić information content (AvgIpc) is 2.42. The number of piperazine rings is 1. The van der Waals surface area contributed by atoms with E-state index in [1.165, 1.54) is 19.3 Å². The molecule has 1 saturated carbocycles. The fourth-order valence-corrected chi connectivity index (χ4v) is 3.22. The second-order valence-corrected chi connectivity index (χ2v) is 5.78. The number of rotatable bonds is 4. The lowest BCUT2D eigenvalue weighted by atomic mass is 9.82. The van der Waals surface area contributed by atoms with Gasteiger partial charge in [0.2, 0.25) is 11.8 Å². The van der Waals surface area contributed by atoms with Crippen LogP contribution in [0.25, 0.3) is 0 Å². The van der Waals surface area contributed by atoms with Crippen molar-refractivity contribution in [1.29, 1.82) is 0 Å². The first-order valence-electron chi connectivity index (χ1n) is 7.34. The molecule has 1 aliphatic carbocycles. The van der Waals surface area contributed by atoms with Gasteiger partial charge in [-0.3, -0.25) is 9.59 Å². The molecule has 4 heteroatoms. The lowest BCUT2D eigenvalue weighted by molar-refractivity contribution is -0.148. The van der Waals surface area contributed by atoms with Crippen molar-refractivity contribution in [2.24, 2.45) is 5.92 Å². The molecule has 106 valence electrons. The van der Waals surface area contributed by atoms with E-state index in [0.717, 1.165) is 19.3 Å². The van der Waals surface area contributed by atoms with E-state index in [4.69, 9.17) is 0 Å². The molecular formula is C15H24N2O2. The molecule has 2 rings (SSSR count). The average molecular weight is 264 g/mol. The Bertz CT molecular complexity index is 361. The van der Waals surface area contributed by atoms with Gasteiger partial charge in [-0.2, -0.15) is 0 Å². The van der Waals surface area contributed by atoms with Crippen molar-refractivity contribution in [2.75, 3.05) is 6.54 Å². The Hall–Kier alpha value is -1.32. The third-order valence-corrected chi connectivity index (χ3v) is 4.34. The SMILES string of the molecule is C=CCC(C)N1CC(=O)NC(C2CCCCC2)C1=O. The van der Waals surface area contributed by atoms with Crippen LogP contribution in [0.15, 0.2) is 12.7 Å². The topological polar surface area (TPSA) is 49.4 Å². The largest absolute Gasteiger partial charge is 0.342 e.